The Bertz CT molecular complexity index is 639. The second kappa shape index (κ2) is 7.57. The van der Waals surface area contributed by atoms with Crippen LogP contribution in [0.25, 0.3) is 0 Å². The first-order valence-corrected chi connectivity index (χ1v) is 8.28. The molecule has 0 amide bonds. The van der Waals surface area contributed by atoms with Gasteiger partial charge in [-0.1, -0.05) is 30.3 Å². The molecule has 0 spiro atoms. The summed E-state index contributed by atoms with van der Waals surface area (Å²) in [5, 5.41) is 0. The van der Waals surface area contributed by atoms with Crippen molar-refractivity contribution in [1.82, 2.24) is 0 Å². The van der Waals surface area contributed by atoms with Gasteiger partial charge in [0.15, 0.2) is 0 Å². The van der Waals surface area contributed by atoms with E-state index in [9.17, 15) is 4.39 Å². The molecule has 0 aromatic heterocycles. The lowest BCUT2D eigenvalue weighted by molar-refractivity contribution is -1.02. The molecule has 1 aliphatic rings. The Kier molecular flexibility index (Phi) is 5.26. The summed E-state index contributed by atoms with van der Waals surface area (Å²) >= 11 is 0. The number of piperazine rings is 1. The molecule has 3 rings (SSSR count). The number of hydrogen-bond acceptors (Lipinski definition) is 1. The summed E-state index contributed by atoms with van der Waals surface area (Å²) in [6, 6.07) is 15.4. The smallest absolute Gasteiger partial charge is 0.132 e. The third-order valence-corrected chi connectivity index (χ3v) is 4.70. The summed E-state index contributed by atoms with van der Waals surface area (Å²) in [6.07, 6.45) is 0. The molecule has 1 heterocycles. The predicted molar refractivity (Wildman–Crippen MR) is 88.2 cm³/mol. The van der Waals surface area contributed by atoms with Crippen LogP contribution >= 0.6 is 0 Å². The summed E-state index contributed by atoms with van der Waals surface area (Å²) in [7, 11) is 1.73. The van der Waals surface area contributed by atoms with E-state index in [2.05, 4.69) is 12.1 Å². The van der Waals surface area contributed by atoms with Crippen molar-refractivity contribution < 1.29 is 18.9 Å². The van der Waals surface area contributed by atoms with Gasteiger partial charge in [-0.25, -0.2) is 4.39 Å². The first-order chi connectivity index (χ1) is 11.3. The lowest BCUT2D eigenvalue weighted by Gasteiger charge is -2.30. The van der Waals surface area contributed by atoms with Crippen LogP contribution in [0.4, 0.5) is 4.39 Å². The van der Waals surface area contributed by atoms with E-state index in [1.54, 1.807) is 24.1 Å². The summed E-state index contributed by atoms with van der Waals surface area (Å²) in [6.45, 7) is 6.17. The highest BCUT2D eigenvalue weighted by molar-refractivity contribution is 5.32. The van der Waals surface area contributed by atoms with Crippen molar-refractivity contribution >= 4 is 0 Å². The fourth-order valence-corrected chi connectivity index (χ4v) is 3.34. The molecule has 0 saturated carbocycles. The minimum Gasteiger partial charge on any atom is -0.496 e. The van der Waals surface area contributed by atoms with Crippen LogP contribution in [0.15, 0.2) is 48.5 Å². The first kappa shape index (κ1) is 16.0. The van der Waals surface area contributed by atoms with E-state index in [4.69, 9.17) is 4.74 Å². The molecule has 122 valence electrons. The molecule has 0 radical (unpaired) electrons. The summed E-state index contributed by atoms with van der Waals surface area (Å²) < 4.78 is 19.2. The molecule has 0 bridgehead atoms. The van der Waals surface area contributed by atoms with Crippen LogP contribution in [0, 0.1) is 5.82 Å². The fourth-order valence-electron chi connectivity index (χ4n) is 3.34. The molecular weight excluding hydrogens is 291 g/mol. The Hall–Kier alpha value is -1.91. The van der Waals surface area contributed by atoms with Crippen LogP contribution in [0.1, 0.15) is 11.1 Å². The second-order valence-electron chi connectivity index (χ2n) is 6.26. The Balaban J connectivity index is 1.53. The maximum atomic E-state index is 13.8. The van der Waals surface area contributed by atoms with E-state index < -0.39 is 0 Å². The molecule has 1 aliphatic heterocycles. The van der Waals surface area contributed by atoms with Crippen LogP contribution in [-0.2, 0) is 13.1 Å². The van der Waals surface area contributed by atoms with Gasteiger partial charge in [-0.2, -0.15) is 0 Å². The third kappa shape index (κ3) is 4.09. The number of halogens is 1. The molecule has 0 atom stereocenters. The number of rotatable bonds is 5. The van der Waals surface area contributed by atoms with Crippen molar-refractivity contribution in [2.24, 2.45) is 0 Å². The minimum absolute atomic E-state index is 0.0798. The second-order valence-corrected chi connectivity index (χ2v) is 6.26. The number of nitrogens with one attached hydrogen (secondary N) is 2. The van der Waals surface area contributed by atoms with Crippen molar-refractivity contribution in [3.05, 3.63) is 65.5 Å². The molecule has 0 aliphatic carbocycles. The molecule has 23 heavy (non-hydrogen) atoms. The molecule has 2 aromatic rings. The maximum Gasteiger partial charge on any atom is 0.132 e. The van der Waals surface area contributed by atoms with Crippen LogP contribution in [0.3, 0.4) is 0 Å². The van der Waals surface area contributed by atoms with Gasteiger partial charge in [0.1, 0.15) is 50.8 Å². The average Bonchev–Trinajstić information content (AvgIpc) is 2.59. The summed E-state index contributed by atoms with van der Waals surface area (Å²) in [5.41, 5.74) is 2.10. The lowest BCUT2D eigenvalue weighted by Crippen LogP contribution is -3.27. The highest BCUT2D eigenvalue weighted by atomic mass is 19.1. The van der Waals surface area contributed by atoms with E-state index >= 15 is 0 Å². The minimum atomic E-state index is -0.0798. The SMILES string of the molecule is COc1ccccc1C[NH+]1CC[NH+](Cc2ccccc2F)CC1. The maximum absolute atomic E-state index is 13.8. The van der Waals surface area contributed by atoms with Gasteiger partial charge in [0.2, 0.25) is 0 Å². The van der Waals surface area contributed by atoms with Crippen molar-refractivity contribution in [2.75, 3.05) is 33.3 Å². The van der Waals surface area contributed by atoms with Crippen LogP contribution in [0.2, 0.25) is 0 Å². The first-order valence-electron chi connectivity index (χ1n) is 8.28. The lowest BCUT2D eigenvalue weighted by atomic mass is 10.1. The largest absolute Gasteiger partial charge is 0.496 e. The summed E-state index contributed by atoms with van der Waals surface area (Å²) in [4.78, 5) is 3.05. The van der Waals surface area contributed by atoms with E-state index in [0.29, 0.717) is 0 Å². The zero-order valence-corrected chi connectivity index (χ0v) is 13.6. The number of para-hydroxylation sites is 1. The molecule has 4 heteroatoms. The molecule has 1 fully saturated rings. The zero-order chi connectivity index (χ0) is 16.1. The highest BCUT2D eigenvalue weighted by Gasteiger charge is 2.24. The molecule has 0 unspecified atom stereocenters. The zero-order valence-electron chi connectivity index (χ0n) is 13.6. The van der Waals surface area contributed by atoms with E-state index in [1.807, 2.05) is 24.3 Å². The van der Waals surface area contributed by atoms with Gasteiger partial charge < -0.3 is 14.5 Å². The van der Waals surface area contributed by atoms with Gasteiger partial charge in [-0.05, 0) is 18.2 Å². The van der Waals surface area contributed by atoms with E-state index in [-0.39, 0.29) is 5.82 Å². The third-order valence-electron chi connectivity index (χ3n) is 4.70. The molecule has 3 nitrogen and oxygen atoms in total. The molecule has 2 aromatic carbocycles. The number of ether oxygens (including phenoxy) is 1. The van der Waals surface area contributed by atoms with Crippen LogP contribution in [-0.4, -0.2) is 33.3 Å². The normalized spacial score (nSPS) is 21.1. The van der Waals surface area contributed by atoms with E-state index in [1.165, 1.54) is 10.5 Å². The van der Waals surface area contributed by atoms with Crippen molar-refractivity contribution in [2.45, 2.75) is 13.1 Å². The van der Waals surface area contributed by atoms with E-state index in [0.717, 1.165) is 50.6 Å². The number of benzene rings is 2. The predicted octanol–water partition coefficient (Wildman–Crippen LogP) is 0.318. The Morgan fingerprint density at radius 3 is 1.96 bits per heavy atom. The van der Waals surface area contributed by atoms with Crippen LogP contribution in [0.5, 0.6) is 5.75 Å². The van der Waals surface area contributed by atoms with Crippen molar-refractivity contribution in [1.29, 1.82) is 0 Å². The van der Waals surface area contributed by atoms with Gasteiger partial charge in [0.25, 0.3) is 0 Å². The Morgan fingerprint density at radius 1 is 0.826 bits per heavy atom. The number of hydrogen-bond donors (Lipinski definition) is 2. The quantitative estimate of drug-likeness (QED) is 0.813. The van der Waals surface area contributed by atoms with Crippen molar-refractivity contribution in [3.8, 4) is 5.75 Å². The molecule has 1 saturated heterocycles. The van der Waals surface area contributed by atoms with Gasteiger partial charge in [-0.15, -0.1) is 0 Å². The number of methoxy groups -OCH3 is 1. The van der Waals surface area contributed by atoms with Crippen LogP contribution < -0.4 is 14.5 Å². The topological polar surface area (TPSA) is 18.1 Å². The standard InChI is InChI=1S/C19H23FN2O/c1-23-19-9-5-3-7-17(19)15-22-12-10-21(11-13-22)14-16-6-2-4-8-18(16)20/h2-9H,10-15H2,1H3/p+2. The van der Waals surface area contributed by atoms with Gasteiger partial charge >= 0.3 is 0 Å². The van der Waals surface area contributed by atoms with Gasteiger partial charge in [-0.3, -0.25) is 0 Å². The molecular formula is C19H25FN2O+2. The highest BCUT2D eigenvalue weighted by Crippen LogP contribution is 2.15. The number of quaternary nitrogens is 2. The van der Waals surface area contributed by atoms with Gasteiger partial charge in [0, 0.05) is 11.1 Å². The monoisotopic (exact) mass is 316 g/mol. The van der Waals surface area contributed by atoms with Gasteiger partial charge in [0.05, 0.1) is 7.11 Å². The van der Waals surface area contributed by atoms with Crippen molar-refractivity contribution in [3.63, 3.8) is 0 Å². The Morgan fingerprint density at radius 2 is 1.35 bits per heavy atom. The summed E-state index contributed by atoms with van der Waals surface area (Å²) in [5.74, 6) is 0.893. The molecule has 2 N–H and O–H groups in total. The Labute approximate surface area is 137 Å². The fraction of sp³-hybridized carbons (Fsp3) is 0.368. The average molecular weight is 316 g/mol.